The fourth-order valence-corrected chi connectivity index (χ4v) is 1.02. The molecule has 2 nitrogen and oxygen atoms in total. The molecule has 0 radical (unpaired) electrons. The molecule has 1 aromatic rings. The average Bonchev–Trinajstić information content (AvgIpc) is 2.16. The minimum atomic E-state index is -4.73. The molecule has 0 heterocycles. The van der Waals surface area contributed by atoms with Gasteiger partial charge in [-0.1, -0.05) is 24.3 Å². The summed E-state index contributed by atoms with van der Waals surface area (Å²) < 4.78 is 37.2. The summed E-state index contributed by atoms with van der Waals surface area (Å²) in [4.78, 5) is 3.04. The van der Waals surface area contributed by atoms with Crippen molar-refractivity contribution in [2.45, 2.75) is 18.7 Å². The van der Waals surface area contributed by atoms with Crippen LogP contribution in [0.1, 0.15) is 12.5 Å². The third-order valence-electron chi connectivity index (χ3n) is 2.11. The lowest BCUT2D eigenvalue weighted by Crippen LogP contribution is -2.39. The molecule has 15 heavy (non-hydrogen) atoms. The van der Waals surface area contributed by atoms with Crippen molar-refractivity contribution in [3.05, 3.63) is 41.2 Å². The first-order chi connectivity index (χ1) is 6.79. The first-order valence-corrected chi connectivity index (χ1v) is 4.06. The molecule has 0 bridgehead atoms. The molecule has 0 saturated carbocycles. The van der Waals surface area contributed by atoms with E-state index in [1.165, 1.54) is 12.1 Å². The monoisotopic (exact) mass is 215 g/mol. The molecule has 0 spiro atoms. The van der Waals surface area contributed by atoms with E-state index in [2.05, 4.69) is 4.85 Å². The van der Waals surface area contributed by atoms with Gasteiger partial charge in [0.25, 0.3) is 0 Å². The Morgan fingerprint density at radius 1 is 1.20 bits per heavy atom. The van der Waals surface area contributed by atoms with Crippen LogP contribution < -0.4 is 0 Å². The molecular formula is C10H8F3NO. The summed E-state index contributed by atoms with van der Waals surface area (Å²) in [6.45, 7) is 7.31. The number of rotatable bonds is 1. The van der Waals surface area contributed by atoms with E-state index in [-0.39, 0.29) is 11.3 Å². The molecule has 5 heteroatoms. The molecule has 0 saturated heterocycles. The molecule has 1 aromatic carbocycles. The van der Waals surface area contributed by atoms with Gasteiger partial charge in [0, 0.05) is 0 Å². The smallest absolute Gasteiger partial charge is 0.376 e. The highest BCUT2D eigenvalue weighted by atomic mass is 19.4. The fraction of sp³-hybridized carbons (Fsp3) is 0.300. The molecule has 0 fully saturated rings. The van der Waals surface area contributed by atoms with Crippen molar-refractivity contribution in [1.82, 2.24) is 0 Å². The van der Waals surface area contributed by atoms with Gasteiger partial charge in [0.15, 0.2) is 11.3 Å². The Bertz CT molecular complexity index is 387. The van der Waals surface area contributed by atoms with Crippen molar-refractivity contribution < 1.29 is 18.3 Å². The fourth-order valence-electron chi connectivity index (χ4n) is 1.02. The van der Waals surface area contributed by atoms with Gasteiger partial charge in [0.05, 0.1) is 6.57 Å². The molecule has 1 atom stereocenters. The Hall–Kier alpha value is -1.54. The van der Waals surface area contributed by atoms with Crippen LogP contribution in [0, 0.1) is 6.57 Å². The van der Waals surface area contributed by atoms with Crippen LogP contribution in [-0.4, -0.2) is 11.3 Å². The maximum absolute atomic E-state index is 12.4. The molecular weight excluding hydrogens is 207 g/mol. The highest BCUT2D eigenvalue weighted by molar-refractivity contribution is 5.46. The minimum absolute atomic E-state index is 0.233. The first-order valence-electron chi connectivity index (χ1n) is 4.06. The Kier molecular flexibility index (Phi) is 2.73. The summed E-state index contributed by atoms with van der Waals surface area (Å²) in [5.74, 6) is 0. The zero-order chi connectivity index (χ0) is 11.7. The number of halogens is 3. The number of hydrogen-bond acceptors (Lipinski definition) is 1. The van der Waals surface area contributed by atoms with Crippen LogP contribution in [0.2, 0.25) is 0 Å². The lowest BCUT2D eigenvalue weighted by atomic mass is 9.95. The van der Waals surface area contributed by atoms with Gasteiger partial charge in [0.2, 0.25) is 0 Å². The SMILES string of the molecule is [C-]#[N+]c1ccc(C(C)(O)C(F)(F)F)cc1. The molecule has 1 unspecified atom stereocenters. The summed E-state index contributed by atoms with van der Waals surface area (Å²) >= 11 is 0. The predicted octanol–water partition coefficient (Wildman–Crippen LogP) is 3.01. The molecule has 80 valence electrons. The zero-order valence-electron chi connectivity index (χ0n) is 7.84. The van der Waals surface area contributed by atoms with Crippen LogP contribution in [0.3, 0.4) is 0 Å². The van der Waals surface area contributed by atoms with Gasteiger partial charge >= 0.3 is 6.18 Å². The van der Waals surface area contributed by atoms with Gasteiger partial charge in [-0.25, -0.2) is 4.85 Å². The maximum atomic E-state index is 12.4. The number of benzene rings is 1. The van der Waals surface area contributed by atoms with Crippen molar-refractivity contribution >= 4 is 5.69 Å². The van der Waals surface area contributed by atoms with Crippen LogP contribution in [0.5, 0.6) is 0 Å². The normalized spacial score (nSPS) is 15.5. The van der Waals surface area contributed by atoms with Gasteiger partial charge in [-0.05, 0) is 12.5 Å². The molecule has 1 N–H and O–H groups in total. The van der Waals surface area contributed by atoms with Crippen molar-refractivity contribution in [3.63, 3.8) is 0 Å². The molecule has 1 rings (SSSR count). The molecule has 0 aliphatic rings. The third kappa shape index (κ3) is 2.10. The van der Waals surface area contributed by atoms with Gasteiger partial charge in [-0.15, -0.1) is 0 Å². The highest BCUT2D eigenvalue weighted by Crippen LogP contribution is 2.38. The van der Waals surface area contributed by atoms with Crippen LogP contribution in [0.15, 0.2) is 24.3 Å². The molecule has 0 aromatic heterocycles. The Morgan fingerprint density at radius 3 is 2.00 bits per heavy atom. The summed E-state index contributed by atoms with van der Waals surface area (Å²) in [7, 11) is 0. The second-order valence-electron chi connectivity index (χ2n) is 3.23. The van der Waals surface area contributed by atoms with E-state index in [1.54, 1.807) is 0 Å². The van der Waals surface area contributed by atoms with E-state index in [0.29, 0.717) is 6.92 Å². The number of hydrogen-bond donors (Lipinski definition) is 1. The van der Waals surface area contributed by atoms with E-state index in [1.807, 2.05) is 0 Å². The van der Waals surface area contributed by atoms with Crippen LogP contribution >= 0.6 is 0 Å². The number of aliphatic hydroxyl groups is 1. The van der Waals surface area contributed by atoms with Gasteiger partial charge in [0.1, 0.15) is 0 Å². The second kappa shape index (κ2) is 3.55. The predicted molar refractivity (Wildman–Crippen MR) is 48.3 cm³/mol. The van der Waals surface area contributed by atoms with Gasteiger partial charge in [-0.3, -0.25) is 0 Å². The topological polar surface area (TPSA) is 24.6 Å². The lowest BCUT2D eigenvalue weighted by Gasteiger charge is -2.26. The third-order valence-corrected chi connectivity index (χ3v) is 2.11. The molecule has 0 amide bonds. The maximum Gasteiger partial charge on any atom is 0.421 e. The first kappa shape index (κ1) is 11.5. The number of alkyl halides is 3. The summed E-state index contributed by atoms with van der Waals surface area (Å²) in [5, 5.41) is 9.28. The summed E-state index contributed by atoms with van der Waals surface area (Å²) in [6, 6.07) is 4.67. The van der Waals surface area contributed by atoms with Gasteiger partial charge in [-0.2, -0.15) is 13.2 Å². The summed E-state index contributed by atoms with van der Waals surface area (Å²) in [5.41, 5.74) is -2.92. The van der Waals surface area contributed by atoms with Crippen LogP contribution in [0.25, 0.3) is 4.85 Å². The zero-order valence-corrected chi connectivity index (χ0v) is 7.84. The van der Waals surface area contributed by atoms with Crippen molar-refractivity contribution in [1.29, 1.82) is 0 Å². The Balaban J connectivity index is 3.13. The minimum Gasteiger partial charge on any atom is -0.376 e. The van der Waals surface area contributed by atoms with E-state index < -0.39 is 11.8 Å². The number of nitrogens with zero attached hydrogens (tertiary/aromatic N) is 1. The van der Waals surface area contributed by atoms with Crippen molar-refractivity contribution in [2.24, 2.45) is 0 Å². The van der Waals surface area contributed by atoms with Gasteiger partial charge < -0.3 is 5.11 Å². The summed E-state index contributed by atoms with van der Waals surface area (Å²) in [6.07, 6.45) is -4.73. The Labute approximate surface area is 84.8 Å². The average molecular weight is 215 g/mol. The highest BCUT2D eigenvalue weighted by Gasteiger charge is 2.50. The lowest BCUT2D eigenvalue weighted by molar-refractivity contribution is -0.258. The molecule has 0 aliphatic heterocycles. The van der Waals surface area contributed by atoms with Crippen LogP contribution in [-0.2, 0) is 5.60 Å². The molecule has 0 aliphatic carbocycles. The van der Waals surface area contributed by atoms with E-state index in [0.717, 1.165) is 12.1 Å². The Morgan fingerprint density at radius 2 is 1.67 bits per heavy atom. The largest absolute Gasteiger partial charge is 0.421 e. The van der Waals surface area contributed by atoms with Crippen molar-refractivity contribution in [3.8, 4) is 0 Å². The quantitative estimate of drug-likeness (QED) is 0.715. The second-order valence-corrected chi connectivity index (χ2v) is 3.23. The van der Waals surface area contributed by atoms with E-state index in [4.69, 9.17) is 6.57 Å². The standard InChI is InChI=1S/C10H8F3NO/c1-9(15,10(11,12)13)7-3-5-8(14-2)6-4-7/h3-6,15H,1H3. The van der Waals surface area contributed by atoms with Crippen molar-refractivity contribution in [2.75, 3.05) is 0 Å². The van der Waals surface area contributed by atoms with Crippen LogP contribution in [0.4, 0.5) is 18.9 Å². The van der Waals surface area contributed by atoms with E-state index >= 15 is 0 Å². The van der Waals surface area contributed by atoms with E-state index in [9.17, 15) is 18.3 Å².